The maximum absolute atomic E-state index is 12.7. The minimum absolute atomic E-state index is 0.0174. The molecule has 0 atom stereocenters. The van der Waals surface area contributed by atoms with Gasteiger partial charge in [0.1, 0.15) is 0 Å². The van der Waals surface area contributed by atoms with E-state index in [1.165, 1.54) is 0 Å². The number of aliphatic carboxylic acids is 1. The van der Waals surface area contributed by atoms with Gasteiger partial charge in [-0.3, -0.25) is 4.79 Å². The Labute approximate surface area is 150 Å². The highest BCUT2D eigenvalue weighted by atomic mass is 79.9. The molecule has 6 heteroatoms. The molecule has 24 heavy (non-hydrogen) atoms. The second kappa shape index (κ2) is 7.55. The van der Waals surface area contributed by atoms with E-state index in [0.717, 1.165) is 35.7 Å². The third-order valence-corrected chi connectivity index (χ3v) is 5.39. The summed E-state index contributed by atoms with van der Waals surface area (Å²) in [6, 6.07) is 8.45. The maximum atomic E-state index is 12.7. The average Bonchev–Trinajstić information content (AvgIpc) is 3.38. The van der Waals surface area contributed by atoms with Crippen LogP contribution in [-0.4, -0.2) is 34.1 Å². The fraction of sp³-hybridized carbons (Fsp3) is 0.556. The number of nitrogens with zero attached hydrogens (tertiary/aromatic N) is 1. The Balaban J connectivity index is 1.56. The monoisotopic (exact) mass is 394 g/mol. The van der Waals surface area contributed by atoms with Crippen molar-refractivity contribution in [2.75, 3.05) is 0 Å². The summed E-state index contributed by atoms with van der Waals surface area (Å²) in [5.41, 5.74) is 1.11. The normalized spacial score (nSPS) is 23.5. The van der Waals surface area contributed by atoms with Crippen LogP contribution in [0.15, 0.2) is 28.7 Å². The third kappa shape index (κ3) is 4.50. The first-order valence-corrected chi connectivity index (χ1v) is 9.36. The van der Waals surface area contributed by atoms with Crippen LogP contribution in [-0.2, 0) is 11.3 Å². The fourth-order valence-corrected chi connectivity index (χ4v) is 3.77. The van der Waals surface area contributed by atoms with E-state index in [9.17, 15) is 9.59 Å². The Morgan fingerprint density at radius 3 is 2.46 bits per heavy atom. The van der Waals surface area contributed by atoms with Crippen LogP contribution in [0.4, 0.5) is 4.79 Å². The Kier molecular flexibility index (Phi) is 5.43. The number of hydrogen-bond acceptors (Lipinski definition) is 2. The molecule has 0 unspecified atom stereocenters. The lowest BCUT2D eigenvalue weighted by Gasteiger charge is -2.30. The lowest BCUT2D eigenvalue weighted by Crippen LogP contribution is -2.47. The van der Waals surface area contributed by atoms with E-state index in [1.807, 2.05) is 29.2 Å². The summed E-state index contributed by atoms with van der Waals surface area (Å²) in [4.78, 5) is 25.6. The van der Waals surface area contributed by atoms with Crippen LogP contribution in [0.5, 0.6) is 0 Å². The molecule has 0 heterocycles. The number of benzene rings is 1. The minimum Gasteiger partial charge on any atom is -0.481 e. The molecule has 2 aliphatic carbocycles. The molecule has 2 aliphatic rings. The van der Waals surface area contributed by atoms with Crippen LogP contribution in [0, 0.1) is 5.92 Å². The average molecular weight is 395 g/mol. The summed E-state index contributed by atoms with van der Waals surface area (Å²) in [6.07, 6.45) is 4.92. The molecule has 2 saturated carbocycles. The number of carboxylic acids is 1. The fourth-order valence-electron chi connectivity index (χ4n) is 3.33. The first-order valence-electron chi connectivity index (χ1n) is 8.57. The van der Waals surface area contributed by atoms with Gasteiger partial charge in [0.2, 0.25) is 0 Å². The number of halogens is 1. The first kappa shape index (κ1) is 17.3. The predicted molar refractivity (Wildman–Crippen MR) is 94.6 cm³/mol. The van der Waals surface area contributed by atoms with Crippen molar-refractivity contribution < 1.29 is 14.7 Å². The number of carbonyl (C=O) groups excluding carboxylic acids is 1. The van der Waals surface area contributed by atoms with E-state index >= 15 is 0 Å². The Hall–Kier alpha value is -1.56. The zero-order chi connectivity index (χ0) is 17.1. The molecule has 2 fully saturated rings. The highest BCUT2D eigenvalue weighted by molar-refractivity contribution is 9.10. The van der Waals surface area contributed by atoms with Crippen molar-refractivity contribution in [2.45, 2.75) is 57.2 Å². The molecule has 0 spiro atoms. The Morgan fingerprint density at radius 2 is 1.88 bits per heavy atom. The van der Waals surface area contributed by atoms with Gasteiger partial charge in [0, 0.05) is 23.1 Å². The van der Waals surface area contributed by atoms with E-state index in [4.69, 9.17) is 5.11 Å². The number of nitrogens with one attached hydrogen (secondary N) is 1. The van der Waals surface area contributed by atoms with Crippen LogP contribution in [0.3, 0.4) is 0 Å². The van der Waals surface area contributed by atoms with Crippen LogP contribution >= 0.6 is 15.9 Å². The van der Waals surface area contributed by atoms with Gasteiger partial charge in [-0.1, -0.05) is 28.1 Å². The lowest BCUT2D eigenvalue weighted by atomic mass is 9.86. The number of amides is 2. The first-order chi connectivity index (χ1) is 11.5. The number of carbonyl (C=O) groups is 2. The van der Waals surface area contributed by atoms with Crippen molar-refractivity contribution in [1.82, 2.24) is 10.2 Å². The summed E-state index contributed by atoms with van der Waals surface area (Å²) >= 11 is 3.47. The van der Waals surface area contributed by atoms with Crippen molar-refractivity contribution in [3.63, 3.8) is 0 Å². The van der Waals surface area contributed by atoms with Crippen LogP contribution < -0.4 is 5.32 Å². The van der Waals surface area contributed by atoms with E-state index in [1.54, 1.807) is 0 Å². The number of rotatable bonds is 5. The molecule has 0 aromatic heterocycles. The summed E-state index contributed by atoms with van der Waals surface area (Å²) in [7, 11) is 0. The molecule has 5 nitrogen and oxygen atoms in total. The van der Waals surface area contributed by atoms with Crippen molar-refractivity contribution in [3.8, 4) is 0 Å². The molecular weight excluding hydrogens is 372 g/mol. The van der Waals surface area contributed by atoms with Gasteiger partial charge >= 0.3 is 12.0 Å². The molecule has 2 amide bonds. The van der Waals surface area contributed by atoms with Crippen LogP contribution in [0.25, 0.3) is 0 Å². The molecule has 2 N–H and O–H groups in total. The van der Waals surface area contributed by atoms with Crippen molar-refractivity contribution in [1.29, 1.82) is 0 Å². The Morgan fingerprint density at radius 1 is 1.17 bits per heavy atom. The van der Waals surface area contributed by atoms with Gasteiger partial charge < -0.3 is 15.3 Å². The SMILES string of the molecule is O=C(O)C1CCC(NC(=O)N(Cc2cccc(Br)c2)C2CC2)CC1. The second-order valence-electron chi connectivity index (χ2n) is 6.83. The number of carboxylic acid groups (broad SMARTS) is 1. The van der Waals surface area contributed by atoms with Crippen molar-refractivity contribution >= 4 is 27.9 Å². The van der Waals surface area contributed by atoms with E-state index < -0.39 is 5.97 Å². The molecule has 3 rings (SSSR count). The lowest BCUT2D eigenvalue weighted by molar-refractivity contribution is -0.142. The van der Waals surface area contributed by atoms with Gasteiger partial charge in [-0.25, -0.2) is 4.79 Å². The highest BCUT2D eigenvalue weighted by Gasteiger charge is 2.34. The molecule has 1 aromatic carbocycles. The second-order valence-corrected chi connectivity index (χ2v) is 7.74. The number of urea groups is 1. The molecule has 0 saturated heterocycles. The van der Waals surface area contributed by atoms with E-state index in [-0.39, 0.29) is 18.0 Å². The minimum atomic E-state index is -0.714. The smallest absolute Gasteiger partial charge is 0.318 e. The summed E-state index contributed by atoms with van der Waals surface area (Å²) in [6.45, 7) is 0.612. The van der Waals surface area contributed by atoms with E-state index in [0.29, 0.717) is 25.4 Å². The van der Waals surface area contributed by atoms with Crippen molar-refractivity contribution in [2.24, 2.45) is 5.92 Å². The maximum Gasteiger partial charge on any atom is 0.318 e. The quantitative estimate of drug-likeness (QED) is 0.798. The highest BCUT2D eigenvalue weighted by Crippen LogP contribution is 2.30. The van der Waals surface area contributed by atoms with Gasteiger partial charge in [-0.05, 0) is 56.2 Å². The largest absolute Gasteiger partial charge is 0.481 e. The van der Waals surface area contributed by atoms with E-state index in [2.05, 4.69) is 21.2 Å². The van der Waals surface area contributed by atoms with Crippen LogP contribution in [0.1, 0.15) is 44.1 Å². The summed E-state index contributed by atoms with van der Waals surface area (Å²) < 4.78 is 1.02. The molecule has 0 radical (unpaired) electrons. The van der Waals surface area contributed by atoms with Gasteiger partial charge in [0.15, 0.2) is 0 Å². The zero-order valence-corrected chi connectivity index (χ0v) is 15.2. The molecular formula is C18H23BrN2O3. The molecule has 130 valence electrons. The number of hydrogen-bond donors (Lipinski definition) is 2. The third-order valence-electron chi connectivity index (χ3n) is 4.89. The topological polar surface area (TPSA) is 69.6 Å². The standard InChI is InChI=1S/C18H23BrN2O3/c19-14-3-1-2-12(10-14)11-21(16-8-9-16)18(24)20-15-6-4-13(5-7-15)17(22)23/h1-3,10,13,15-16H,4-9,11H2,(H,20,24)(H,22,23). The van der Waals surface area contributed by atoms with Crippen molar-refractivity contribution in [3.05, 3.63) is 34.3 Å². The van der Waals surface area contributed by atoms with Gasteiger partial charge in [-0.15, -0.1) is 0 Å². The zero-order valence-electron chi connectivity index (χ0n) is 13.6. The van der Waals surface area contributed by atoms with Crippen LogP contribution in [0.2, 0.25) is 0 Å². The molecule has 1 aromatic rings. The molecule has 0 bridgehead atoms. The Bertz CT molecular complexity index is 610. The predicted octanol–water partition coefficient (Wildman–Crippen LogP) is 3.77. The summed E-state index contributed by atoms with van der Waals surface area (Å²) in [5.74, 6) is -0.964. The van der Waals surface area contributed by atoms with Gasteiger partial charge in [0.25, 0.3) is 0 Å². The van der Waals surface area contributed by atoms with Gasteiger partial charge in [0.05, 0.1) is 5.92 Å². The molecule has 0 aliphatic heterocycles. The van der Waals surface area contributed by atoms with Gasteiger partial charge in [-0.2, -0.15) is 0 Å². The summed E-state index contributed by atoms with van der Waals surface area (Å²) in [5, 5.41) is 12.2.